The molecular weight excluding hydrogens is 245 g/mol. The second-order valence-corrected chi connectivity index (χ2v) is 5.23. The average molecular weight is 263 g/mol. The minimum atomic E-state index is -0.552. The summed E-state index contributed by atoms with van der Waals surface area (Å²) in [5.74, 6) is -0.252. The molecule has 2 rings (SSSR count). The number of aliphatic hydroxyl groups is 1. The highest BCUT2D eigenvalue weighted by molar-refractivity contribution is 5.92. The van der Waals surface area contributed by atoms with Gasteiger partial charge in [0.15, 0.2) is 0 Å². The Balaban J connectivity index is 1.97. The number of halogens is 1. The molecule has 1 amide bonds. The standard InChI is InChI=1S/C15H18FNO2/c1-15(10-18,12-6-7-12)17-14(19)8-5-11-3-2-4-13(16)9-11/h2-5,8-9,12,18H,6-7,10H2,1H3,(H,17,19)/b8-5+. The summed E-state index contributed by atoms with van der Waals surface area (Å²) in [4.78, 5) is 11.8. The van der Waals surface area contributed by atoms with Gasteiger partial charge in [-0.05, 0) is 49.5 Å². The van der Waals surface area contributed by atoms with Gasteiger partial charge in [0.25, 0.3) is 0 Å². The maximum Gasteiger partial charge on any atom is 0.244 e. The Morgan fingerprint density at radius 1 is 1.58 bits per heavy atom. The summed E-state index contributed by atoms with van der Waals surface area (Å²) >= 11 is 0. The first-order chi connectivity index (χ1) is 9.03. The maximum atomic E-state index is 13.0. The highest BCUT2D eigenvalue weighted by atomic mass is 19.1. The Morgan fingerprint density at radius 3 is 2.89 bits per heavy atom. The smallest absolute Gasteiger partial charge is 0.244 e. The topological polar surface area (TPSA) is 49.3 Å². The van der Waals surface area contributed by atoms with Crippen LogP contribution in [0.25, 0.3) is 6.08 Å². The van der Waals surface area contributed by atoms with Crippen LogP contribution in [0.2, 0.25) is 0 Å². The largest absolute Gasteiger partial charge is 0.394 e. The first kappa shape index (κ1) is 13.7. The fourth-order valence-electron chi connectivity index (χ4n) is 2.10. The summed E-state index contributed by atoms with van der Waals surface area (Å²) < 4.78 is 13.0. The lowest BCUT2D eigenvalue weighted by atomic mass is 9.97. The molecule has 0 heterocycles. The van der Waals surface area contributed by atoms with Crippen molar-refractivity contribution in [2.24, 2.45) is 5.92 Å². The van der Waals surface area contributed by atoms with Crippen molar-refractivity contribution in [1.29, 1.82) is 0 Å². The molecule has 3 nitrogen and oxygen atoms in total. The van der Waals surface area contributed by atoms with Crippen LogP contribution in [0, 0.1) is 11.7 Å². The maximum absolute atomic E-state index is 13.0. The number of aliphatic hydroxyl groups excluding tert-OH is 1. The van der Waals surface area contributed by atoms with Gasteiger partial charge in [-0.3, -0.25) is 4.79 Å². The molecule has 1 aromatic rings. The highest BCUT2D eigenvalue weighted by Crippen LogP contribution is 2.39. The van der Waals surface area contributed by atoms with E-state index in [9.17, 15) is 14.3 Å². The van der Waals surface area contributed by atoms with E-state index in [4.69, 9.17) is 0 Å². The van der Waals surface area contributed by atoms with E-state index in [0.29, 0.717) is 11.5 Å². The van der Waals surface area contributed by atoms with Gasteiger partial charge in [0, 0.05) is 6.08 Å². The molecule has 1 unspecified atom stereocenters. The second-order valence-electron chi connectivity index (χ2n) is 5.23. The van der Waals surface area contributed by atoms with E-state index in [1.165, 1.54) is 18.2 Å². The van der Waals surface area contributed by atoms with Crippen molar-refractivity contribution in [2.45, 2.75) is 25.3 Å². The third-order valence-corrected chi connectivity index (χ3v) is 3.49. The molecule has 1 atom stereocenters. The third kappa shape index (κ3) is 3.64. The fourth-order valence-corrected chi connectivity index (χ4v) is 2.10. The molecule has 0 aromatic heterocycles. The van der Waals surface area contributed by atoms with E-state index in [-0.39, 0.29) is 18.3 Å². The first-order valence-corrected chi connectivity index (χ1v) is 6.40. The zero-order chi connectivity index (χ0) is 13.9. The second kappa shape index (κ2) is 5.53. The van der Waals surface area contributed by atoms with Gasteiger partial charge in [-0.15, -0.1) is 0 Å². The lowest BCUT2D eigenvalue weighted by Gasteiger charge is -2.28. The number of benzene rings is 1. The molecule has 0 radical (unpaired) electrons. The van der Waals surface area contributed by atoms with Gasteiger partial charge in [-0.2, -0.15) is 0 Å². The molecule has 19 heavy (non-hydrogen) atoms. The predicted molar refractivity (Wildman–Crippen MR) is 71.8 cm³/mol. The van der Waals surface area contributed by atoms with E-state index in [1.54, 1.807) is 18.2 Å². The Bertz CT molecular complexity index is 497. The molecule has 102 valence electrons. The van der Waals surface area contributed by atoms with Crippen LogP contribution in [0.1, 0.15) is 25.3 Å². The van der Waals surface area contributed by atoms with Crippen LogP contribution in [0.4, 0.5) is 4.39 Å². The molecule has 0 bridgehead atoms. The SMILES string of the molecule is CC(CO)(NC(=O)/C=C/c1cccc(F)c1)C1CC1. The number of carbonyl (C=O) groups is 1. The highest BCUT2D eigenvalue weighted by Gasteiger charge is 2.41. The normalized spacial score (nSPS) is 18.3. The van der Waals surface area contributed by atoms with E-state index >= 15 is 0 Å². The number of amides is 1. The first-order valence-electron chi connectivity index (χ1n) is 6.40. The van der Waals surface area contributed by atoms with E-state index in [0.717, 1.165) is 12.8 Å². The van der Waals surface area contributed by atoms with Crippen molar-refractivity contribution in [1.82, 2.24) is 5.32 Å². The summed E-state index contributed by atoms with van der Waals surface area (Å²) in [6.07, 6.45) is 4.99. The van der Waals surface area contributed by atoms with Crippen molar-refractivity contribution in [3.05, 3.63) is 41.7 Å². The van der Waals surface area contributed by atoms with Gasteiger partial charge in [-0.25, -0.2) is 4.39 Å². The van der Waals surface area contributed by atoms with Gasteiger partial charge in [0.05, 0.1) is 12.1 Å². The van der Waals surface area contributed by atoms with Crippen LogP contribution < -0.4 is 5.32 Å². The van der Waals surface area contributed by atoms with Gasteiger partial charge in [-0.1, -0.05) is 12.1 Å². The molecule has 0 saturated heterocycles. The van der Waals surface area contributed by atoms with Crippen molar-refractivity contribution in [3.63, 3.8) is 0 Å². The molecule has 1 aromatic carbocycles. The molecule has 0 spiro atoms. The van der Waals surface area contributed by atoms with Crippen LogP contribution in [0.5, 0.6) is 0 Å². The summed E-state index contributed by atoms with van der Waals surface area (Å²) in [6, 6.07) is 6.02. The third-order valence-electron chi connectivity index (χ3n) is 3.49. The number of hydrogen-bond donors (Lipinski definition) is 2. The Hall–Kier alpha value is -1.68. The molecule has 2 N–H and O–H groups in total. The van der Waals surface area contributed by atoms with Crippen LogP contribution in [-0.2, 0) is 4.79 Å². The quantitative estimate of drug-likeness (QED) is 0.799. The van der Waals surface area contributed by atoms with Crippen molar-refractivity contribution in [3.8, 4) is 0 Å². The van der Waals surface area contributed by atoms with Crippen molar-refractivity contribution in [2.75, 3.05) is 6.61 Å². The molecule has 1 fully saturated rings. The average Bonchev–Trinajstić information content (AvgIpc) is 3.21. The minimum Gasteiger partial charge on any atom is -0.394 e. The monoisotopic (exact) mass is 263 g/mol. The van der Waals surface area contributed by atoms with Crippen LogP contribution in [-0.4, -0.2) is 23.2 Å². The summed E-state index contributed by atoms with van der Waals surface area (Å²) in [5, 5.41) is 12.2. The van der Waals surface area contributed by atoms with Gasteiger partial charge >= 0.3 is 0 Å². The minimum absolute atomic E-state index is 0.0722. The number of rotatable bonds is 5. The molecular formula is C15H18FNO2. The Labute approximate surface area is 112 Å². The van der Waals surface area contributed by atoms with Crippen molar-refractivity contribution < 1.29 is 14.3 Å². The Kier molecular flexibility index (Phi) is 4.00. The van der Waals surface area contributed by atoms with Crippen LogP contribution >= 0.6 is 0 Å². The summed E-state index contributed by atoms with van der Waals surface area (Å²) in [7, 11) is 0. The van der Waals surface area contributed by atoms with Crippen LogP contribution in [0.15, 0.2) is 30.3 Å². The lowest BCUT2D eigenvalue weighted by molar-refractivity contribution is -0.119. The summed E-state index contributed by atoms with van der Waals surface area (Å²) in [6.45, 7) is 1.77. The Morgan fingerprint density at radius 2 is 2.32 bits per heavy atom. The number of hydrogen-bond acceptors (Lipinski definition) is 2. The van der Waals surface area contributed by atoms with Gasteiger partial charge < -0.3 is 10.4 Å². The zero-order valence-electron chi connectivity index (χ0n) is 10.9. The molecule has 1 saturated carbocycles. The molecule has 1 aliphatic rings. The van der Waals surface area contributed by atoms with Gasteiger partial charge in [0.1, 0.15) is 5.82 Å². The van der Waals surface area contributed by atoms with Crippen LogP contribution in [0.3, 0.4) is 0 Å². The zero-order valence-corrected chi connectivity index (χ0v) is 10.9. The van der Waals surface area contributed by atoms with E-state index in [2.05, 4.69) is 5.32 Å². The number of carbonyl (C=O) groups excluding carboxylic acids is 1. The van der Waals surface area contributed by atoms with E-state index < -0.39 is 5.54 Å². The number of nitrogens with one attached hydrogen (secondary N) is 1. The van der Waals surface area contributed by atoms with Crippen molar-refractivity contribution >= 4 is 12.0 Å². The fraction of sp³-hybridized carbons (Fsp3) is 0.400. The predicted octanol–water partition coefficient (Wildman–Crippen LogP) is 2.12. The lowest BCUT2D eigenvalue weighted by Crippen LogP contribution is -2.50. The van der Waals surface area contributed by atoms with E-state index in [1.807, 2.05) is 6.92 Å². The molecule has 4 heteroatoms. The molecule has 1 aliphatic carbocycles. The molecule has 0 aliphatic heterocycles. The summed E-state index contributed by atoms with van der Waals surface area (Å²) in [5.41, 5.74) is 0.0795. The van der Waals surface area contributed by atoms with Gasteiger partial charge in [0.2, 0.25) is 5.91 Å².